The standard InChI is InChI=1S/C24H22N4O4S/c1-16-22-18(24(30)32-15-21(29)27-9-11-31-12-10-27)14-19(20-8-5-13-33-20)25-23(22)28(26-16)17-6-3-2-4-7-17/h2-8,13-14H,9-12,15H2,1H3. The molecular weight excluding hydrogens is 440 g/mol. The molecule has 0 saturated carbocycles. The number of aromatic nitrogens is 3. The average molecular weight is 463 g/mol. The summed E-state index contributed by atoms with van der Waals surface area (Å²) in [5.41, 5.74) is 3.06. The van der Waals surface area contributed by atoms with Gasteiger partial charge in [0.25, 0.3) is 5.91 Å². The van der Waals surface area contributed by atoms with Crippen LogP contribution in [0.15, 0.2) is 53.9 Å². The molecular formula is C24H22N4O4S. The minimum absolute atomic E-state index is 0.230. The Bertz CT molecular complexity index is 1300. The Morgan fingerprint density at radius 3 is 2.64 bits per heavy atom. The summed E-state index contributed by atoms with van der Waals surface area (Å²) >= 11 is 1.53. The molecule has 0 N–H and O–H groups in total. The maximum absolute atomic E-state index is 13.2. The number of pyridine rings is 1. The highest BCUT2D eigenvalue weighted by atomic mass is 32.1. The molecule has 0 aliphatic carbocycles. The zero-order chi connectivity index (χ0) is 22.8. The Balaban J connectivity index is 1.53. The molecule has 5 rings (SSSR count). The van der Waals surface area contributed by atoms with Gasteiger partial charge >= 0.3 is 5.97 Å². The second-order valence-electron chi connectivity index (χ2n) is 7.63. The molecule has 1 aliphatic heterocycles. The molecule has 168 valence electrons. The van der Waals surface area contributed by atoms with Crippen LogP contribution in [0.4, 0.5) is 0 Å². The van der Waals surface area contributed by atoms with Gasteiger partial charge in [-0.2, -0.15) is 5.10 Å². The summed E-state index contributed by atoms with van der Waals surface area (Å²) in [5.74, 6) is -0.801. The molecule has 33 heavy (non-hydrogen) atoms. The van der Waals surface area contributed by atoms with Crippen molar-refractivity contribution < 1.29 is 19.1 Å². The van der Waals surface area contributed by atoms with Crippen LogP contribution in [0.2, 0.25) is 0 Å². The van der Waals surface area contributed by atoms with Gasteiger partial charge in [-0.3, -0.25) is 4.79 Å². The summed E-state index contributed by atoms with van der Waals surface area (Å²) in [6.07, 6.45) is 0. The first-order valence-electron chi connectivity index (χ1n) is 10.6. The SMILES string of the molecule is Cc1nn(-c2ccccc2)c2nc(-c3cccs3)cc(C(=O)OCC(=O)N3CCOCC3)c12. The van der Waals surface area contributed by atoms with Crippen molar-refractivity contribution in [3.63, 3.8) is 0 Å². The van der Waals surface area contributed by atoms with Crippen molar-refractivity contribution in [3.8, 4) is 16.3 Å². The van der Waals surface area contributed by atoms with Crippen LogP contribution in [-0.2, 0) is 14.3 Å². The van der Waals surface area contributed by atoms with Crippen molar-refractivity contribution in [1.29, 1.82) is 0 Å². The van der Waals surface area contributed by atoms with Crippen molar-refractivity contribution in [2.24, 2.45) is 0 Å². The van der Waals surface area contributed by atoms with Crippen molar-refractivity contribution in [2.45, 2.75) is 6.92 Å². The number of hydrogen-bond donors (Lipinski definition) is 0. The van der Waals surface area contributed by atoms with E-state index in [1.54, 1.807) is 15.6 Å². The maximum atomic E-state index is 13.2. The minimum atomic E-state index is -0.572. The number of thiophene rings is 1. The van der Waals surface area contributed by atoms with Gasteiger partial charge in [0.2, 0.25) is 0 Å². The zero-order valence-corrected chi connectivity index (χ0v) is 18.9. The first kappa shape index (κ1) is 21.3. The molecule has 1 amide bonds. The van der Waals surface area contributed by atoms with Crippen LogP contribution >= 0.6 is 11.3 Å². The van der Waals surface area contributed by atoms with E-state index >= 15 is 0 Å². The lowest BCUT2D eigenvalue weighted by Crippen LogP contribution is -2.42. The van der Waals surface area contributed by atoms with E-state index in [4.69, 9.17) is 14.5 Å². The number of carbonyl (C=O) groups excluding carboxylic acids is 2. The monoisotopic (exact) mass is 462 g/mol. The fourth-order valence-corrected chi connectivity index (χ4v) is 4.54. The van der Waals surface area contributed by atoms with Gasteiger partial charge in [0.05, 0.1) is 46.1 Å². The Morgan fingerprint density at radius 2 is 1.91 bits per heavy atom. The number of esters is 1. The number of aryl methyl sites for hydroxylation is 1. The number of amides is 1. The van der Waals surface area contributed by atoms with Gasteiger partial charge < -0.3 is 14.4 Å². The minimum Gasteiger partial charge on any atom is -0.452 e. The molecule has 0 atom stereocenters. The Labute approximate surface area is 194 Å². The van der Waals surface area contributed by atoms with Gasteiger partial charge in [-0.15, -0.1) is 11.3 Å². The van der Waals surface area contributed by atoms with Crippen LogP contribution in [-0.4, -0.2) is 64.5 Å². The van der Waals surface area contributed by atoms with Crippen LogP contribution < -0.4 is 0 Å². The van der Waals surface area contributed by atoms with Crippen molar-refractivity contribution in [2.75, 3.05) is 32.9 Å². The summed E-state index contributed by atoms with van der Waals surface area (Å²) in [6.45, 7) is 3.51. The smallest absolute Gasteiger partial charge is 0.339 e. The quantitative estimate of drug-likeness (QED) is 0.422. The number of rotatable bonds is 5. The van der Waals surface area contributed by atoms with Crippen molar-refractivity contribution in [3.05, 3.63) is 65.2 Å². The fraction of sp³-hybridized carbons (Fsp3) is 0.250. The molecule has 9 heteroatoms. The molecule has 4 aromatic rings. The first-order chi connectivity index (χ1) is 16.1. The molecule has 1 saturated heterocycles. The largest absolute Gasteiger partial charge is 0.452 e. The molecule has 4 heterocycles. The van der Waals surface area contributed by atoms with E-state index in [0.717, 1.165) is 10.6 Å². The summed E-state index contributed by atoms with van der Waals surface area (Å²) in [4.78, 5) is 33.1. The number of morpholine rings is 1. The van der Waals surface area contributed by atoms with Gasteiger partial charge in [0, 0.05) is 13.1 Å². The summed E-state index contributed by atoms with van der Waals surface area (Å²) in [7, 11) is 0. The lowest BCUT2D eigenvalue weighted by molar-refractivity contribution is -0.138. The van der Waals surface area contributed by atoms with E-state index in [0.29, 0.717) is 54.3 Å². The lowest BCUT2D eigenvalue weighted by Gasteiger charge is -2.26. The molecule has 1 aromatic carbocycles. The third kappa shape index (κ3) is 4.24. The van der Waals surface area contributed by atoms with Gasteiger partial charge in [-0.1, -0.05) is 24.3 Å². The van der Waals surface area contributed by atoms with Crippen LogP contribution in [0.1, 0.15) is 16.1 Å². The van der Waals surface area contributed by atoms with E-state index in [1.165, 1.54) is 11.3 Å². The third-order valence-electron chi connectivity index (χ3n) is 5.50. The van der Waals surface area contributed by atoms with Gasteiger partial charge in [-0.05, 0) is 36.6 Å². The van der Waals surface area contributed by atoms with E-state index < -0.39 is 5.97 Å². The van der Waals surface area contributed by atoms with E-state index in [2.05, 4.69) is 5.10 Å². The average Bonchev–Trinajstić information content (AvgIpc) is 3.51. The number of carbonyl (C=O) groups is 2. The number of para-hydroxylation sites is 1. The molecule has 1 aliphatic rings. The molecule has 0 radical (unpaired) electrons. The van der Waals surface area contributed by atoms with Crippen molar-refractivity contribution >= 4 is 34.2 Å². The predicted octanol–water partition coefficient (Wildman–Crippen LogP) is 3.47. The first-order valence-corrected chi connectivity index (χ1v) is 11.5. The van der Waals surface area contributed by atoms with E-state index in [9.17, 15) is 9.59 Å². The van der Waals surface area contributed by atoms with Gasteiger partial charge in [0.1, 0.15) is 0 Å². The summed E-state index contributed by atoms with van der Waals surface area (Å²) in [6, 6.07) is 15.3. The number of fused-ring (bicyclic) bond motifs is 1. The Morgan fingerprint density at radius 1 is 1.12 bits per heavy atom. The highest BCUT2D eigenvalue weighted by Crippen LogP contribution is 2.31. The van der Waals surface area contributed by atoms with Gasteiger partial charge in [0.15, 0.2) is 12.3 Å². The second-order valence-corrected chi connectivity index (χ2v) is 8.58. The van der Waals surface area contributed by atoms with Crippen LogP contribution in [0, 0.1) is 6.92 Å². The molecule has 0 unspecified atom stereocenters. The molecule has 0 bridgehead atoms. The van der Waals surface area contributed by atoms with Crippen LogP contribution in [0.3, 0.4) is 0 Å². The second kappa shape index (κ2) is 9.13. The van der Waals surface area contributed by atoms with E-state index in [-0.39, 0.29) is 12.5 Å². The molecule has 3 aromatic heterocycles. The summed E-state index contributed by atoms with van der Waals surface area (Å²) in [5, 5.41) is 7.23. The van der Waals surface area contributed by atoms with Crippen LogP contribution in [0.5, 0.6) is 0 Å². The topological polar surface area (TPSA) is 86.6 Å². The summed E-state index contributed by atoms with van der Waals surface area (Å²) < 4.78 is 12.5. The zero-order valence-electron chi connectivity index (χ0n) is 18.1. The number of hydrogen-bond acceptors (Lipinski definition) is 7. The third-order valence-corrected chi connectivity index (χ3v) is 6.39. The Kier molecular flexibility index (Phi) is 5.89. The highest BCUT2D eigenvalue weighted by Gasteiger charge is 2.24. The molecule has 1 fully saturated rings. The predicted molar refractivity (Wildman–Crippen MR) is 125 cm³/mol. The van der Waals surface area contributed by atoms with Crippen molar-refractivity contribution in [1.82, 2.24) is 19.7 Å². The number of ether oxygens (including phenoxy) is 2. The van der Waals surface area contributed by atoms with Gasteiger partial charge in [-0.25, -0.2) is 14.5 Å². The normalized spacial score (nSPS) is 13.9. The highest BCUT2D eigenvalue weighted by molar-refractivity contribution is 7.13. The number of benzene rings is 1. The fourth-order valence-electron chi connectivity index (χ4n) is 3.86. The molecule has 8 nitrogen and oxygen atoms in total. The van der Waals surface area contributed by atoms with Crippen LogP contribution in [0.25, 0.3) is 27.3 Å². The Hall–Kier alpha value is -3.56. The maximum Gasteiger partial charge on any atom is 0.339 e. The number of nitrogens with zero attached hydrogens (tertiary/aromatic N) is 4. The molecule has 0 spiro atoms. The van der Waals surface area contributed by atoms with E-state index in [1.807, 2.05) is 54.8 Å². The lowest BCUT2D eigenvalue weighted by atomic mass is 10.1.